The largest absolute Gasteiger partial charge is 0.476 e. The molecule has 6 nitrogen and oxygen atoms in total. The molecular formula is C16H17N3O3. The number of carboxylic acids is 1. The van der Waals surface area contributed by atoms with E-state index in [4.69, 9.17) is 5.11 Å². The van der Waals surface area contributed by atoms with E-state index in [0.29, 0.717) is 6.54 Å². The van der Waals surface area contributed by atoms with Crippen molar-refractivity contribution in [2.75, 3.05) is 7.05 Å². The van der Waals surface area contributed by atoms with Crippen molar-refractivity contribution in [3.63, 3.8) is 0 Å². The summed E-state index contributed by atoms with van der Waals surface area (Å²) in [6.07, 6.45) is 2.27. The third-order valence-electron chi connectivity index (χ3n) is 3.35. The lowest BCUT2D eigenvalue weighted by atomic mass is 10.1. The molecule has 1 amide bonds. The van der Waals surface area contributed by atoms with Gasteiger partial charge in [0.2, 0.25) is 0 Å². The van der Waals surface area contributed by atoms with Gasteiger partial charge >= 0.3 is 5.97 Å². The second-order valence-corrected chi connectivity index (χ2v) is 5.18. The number of aryl methyl sites for hydroxylation is 2. The maximum atomic E-state index is 12.3. The van der Waals surface area contributed by atoms with E-state index in [2.05, 4.69) is 9.97 Å². The Balaban J connectivity index is 2.15. The number of benzene rings is 1. The third kappa shape index (κ3) is 3.46. The van der Waals surface area contributed by atoms with Gasteiger partial charge in [-0.3, -0.25) is 4.79 Å². The first kappa shape index (κ1) is 15.6. The smallest absolute Gasteiger partial charge is 0.356 e. The minimum Gasteiger partial charge on any atom is -0.476 e. The highest BCUT2D eigenvalue weighted by molar-refractivity contribution is 5.92. The zero-order valence-corrected chi connectivity index (χ0v) is 12.7. The molecule has 0 aliphatic carbocycles. The van der Waals surface area contributed by atoms with Crippen molar-refractivity contribution in [3.8, 4) is 0 Å². The van der Waals surface area contributed by atoms with Crippen LogP contribution in [-0.2, 0) is 6.54 Å². The SMILES string of the molecule is Cc1ccc(C)c(CN(C)C(=O)c2cnc(C(=O)O)cn2)c1. The number of hydrogen-bond donors (Lipinski definition) is 1. The number of amides is 1. The van der Waals surface area contributed by atoms with Gasteiger partial charge in [0.15, 0.2) is 5.69 Å². The van der Waals surface area contributed by atoms with Crippen LogP contribution in [-0.4, -0.2) is 38.9 Å². The Kier molecular flexibility index (Phi) is 4.50. The van der Waals surface area contributed by atoms with Gasteiger partial charge < -0.3 is 10.0 Å². The fourth-order valence-electron chi connectivity index (χ4n) is 2.04. The number of hydrogen-bond acceptors (Lipinski definition) is 4. The van der Waals surface area contributed by atoms with Crippen LogP contribution in [0.4, 0.5) is 0 Å². The highest BCUT2D eigenvalue weighted by Crippen LogP contribution is 2.13. The van der Waals surface area contributed by atoms with Gasteiger partial charge in [0.1, 0.15) is 5.69 Å². The van der Waals surface area contributed by atoms with Crippen molar-refractivity contribution < 1.29 is 14.7 Å². The van der Waals surface area contributed by atoms with Crippen molar-refractivity contribution in [2.45, 2.75) is 20.4 Å². The van der Waals surface area contributed by atoms with E-state index in [-0.39, 0.29) is 17.3 Å². The fraction of sp³-hybridized carbons (Fsp3) is 0.250. The first-order chi connectivity index (χ1) is 10.4. The molecule has 22 heavy (non-hydrogen) atoms. The number of carbonyl (C=O) groups is 2. The van der Waals surface area contributed by atoms with Crippen molar-refractivity contribution >= 4 is 11.9 Å². The second-order valence-electron chi connectivity index (χ2n) is 5.18. The minimum atomic E-state index is -1.17. The third-order valence-corrected chi connectivity index (χ3v) is 3.35. The molecule has 0 unspecified atom stereocenters. The highest BCUT2D eigenvalue weighted by Gasteiger charge is 2.16. The molecule has 2 aromatic rings. The fourth-order valence-corrected chi connectivity index (χ4v) is 2.04. The number of aromatic nitrogens is 2. The Morgan fingerprint density at radius 1 is 1.14 bits per heavy atom. The van der Waals surface area contributed by atoms with Gasteiger partial charge in [-0.1, -0.05) is 23.8 Å². The Hall–Kier alpha value is -2.76. The molecule has 1 aromatic carbocycles. The van der Waals surface area contributed by atoms with Crippen LogP contribution >= 0.6 is 0 Å². The molecule has 0 spiro atoms. The standard InChI is InChI=1S/C16H17N3O3/c1-10-4-5-11(2)12(6-10)9-19(3)15(20)13-7-18-14(8-17-13)16(21)22/h4-8H,9H2,1-3H3,(H,21,22). The zero-order valence-electron chi connectivity index (χ0n) is 12.7. The van der Waals surface area contributed by atoms with Gasteiger partial charge in [0, 0.05) is 13.6 Å². The normalized spacial score (nSPS) is 10.3. The first-order valence-electron chi connectivity index (χ1n) is 6.75. The van der Waals surface area contributed by atoms with Crippen LogP contribution in [0.25, 0.3) is 0 Å². The van der Waals surface area contributed by atoms with E-state index < -0.39 is 5.97 Å². The van der Waals surface area contributed by atoms with Crippen LogP contribution in [0.2, 0.25) is 0 Å². The molecule has 1 heterocycles. The lowest BCUT2D eigenvalue weighted by Crippen LogP contribution is -2.27. The molecule has 0 bridgehead atoms. The topological polar surface area (TPSA) is 83.4 Å². The summed E-state index contributed by atoms with van der Waals surface area (Å²) < 4.78 is 0. The van der Waals surface area contributed by atoms with E-state index in [1.54, 1.807) is 7.05 Å². The van der Waals surface area contributed by atoms with Crippen molar-refractivity contribution in [3.05, 3.63) is 58.7 Å². The molecule has 0 saturated carbocycles. The first-order valence-corrected chi connectivity index (χ1v) is 6.75. The molecule has 0 radical (unpaired) electrons. The summed E-state index contributed by atoms with van der Waals surface area (Å²) in [6.45, 7) is 4.45. The van der Waals surface area contributed by atoms with Gasteiger partial charge in [-0.25, -0.2) is 14.8 Å². The summed E-state index contributed by atoms with van der Waals surface area (Å²) >= 11 is 0. The Morgan fingerprint density at radius 3 is 2.36 bits per heavy atom. The number of aromatic carboxylic acids is 1. The monoisotopic (exact) mass is 299 g/mol. The molecule has 0 aliphatic heterocycles. The van der Waals surface area contributed by atoms with Crippen LogP contribution in [0.1, 0.15) is 37.7 Å². The summed E-state index contributed by atoms with van der Waals surface area (Å²) in [5.74, 6) is -1.47. The predicted molar refractivity (Wildman–Crippen MR) is 80.7 cm³/mol. The van der Waals surface area contributed by atoms with Gasteiger partial charge in [-0.15, -0.1) is 0 Å². The molecule has 6 heteroatoms. The van der Waals surface area contributed by atoms with E-state index in [1.807, 2.05) is 32.0 Å². The molecule has 2 rings (SSSR count). The average molecular weight is 299 g/mol. The molecule has 1 N–H and O–H groups in total. The Labute approximate surface area is 128 Å². The van der Waals surface area contributed by atoms with Crippen LogP contribution in [0.3, 0.4) is 0 Å². The summed E-state index contributed by atoms with van der Waals surface area (Å²) in [4.78, 5) is 32.1. The van der Waals surface area contributed by atoms with Crippen LogP contribution < -0.4 is 0 Å². The van der Waals surface area contributed by atoms with E-state index in [1.165, 1.54) is 11.1 Å². The number of carboxylic acid groups (broad SMARTS) is 1. The molecule has 1 aromatic heterocycles. The molecule has 0 atom stereocenters. The second kappa shape index (κ2) is 6.34. The summed E-state index contributed by atoms with van der Waals surface area (Å²) in [7, 11) is 1.68. The summed E-state index contributed by atoms with van der Waals surface area (Å²) in [5.41, 5.74) is 3.24. The molecule has 0 fully saturated rings. The van der Waals surface area contributed by atoms with Crippen LogP contribution in [0, 0.1) is 13.8 Å². The van der Waals surface area contributed by atoms with Crippen molar-refractivity contribution in [1.29, 1.82) is 0 Å². The van der Waals surface area contributed by atoms with Gasteiger partial charge in [0.25, 0.3) is 5.91 Å². The van der Waals surface area contributed by atoms with Crippen LogP contribution in [0.5, 0.6) is 0 Å². The Bertz CT molecular complexity index is 711. The molecule has 0 aliphatic rings. The summed E-state index contributed by atoms with van der Waals surface area (Å²) in [5, 5.41) is 8.78. The van der Waals surface area contributed by atoms with Gasteiger partial charge in [-0.05, 0) is 25.0 Å². The molecular weight excluding hydrogens is 282 g/mol. The maximum absolute atomic E-state index is 12.3. The number of carbonyl (C=O) groups excluding carboxylic acids is 1. The lowest BCUT2D eigenvalue weighted by Gasteiger charge is -2.18. The van der Waals surface area contributed by atoms with E-state index in [9.17, 15) is 9.59 Å². The van der Waals surface area contributed by atoms with E-state index in [0.717, 1.165) is 22.9 Å². The quantitative estimate of drug-likeness (QED) is 0.934. The zero-order chi connectivity index (χ0) is 16.3. The van der Waals surface area contributed by atoms with Crippen LogP contribution in [0.15, 0.2) is 30.6 Å². The Morgan fingerprint density at radius 2 is 1.77 bits per heavy atom. The molecule has 0 saturated heterocycles. The minimum absolute atomic E-state index is 0.123. The summed E-state index contributed by atoms with van der Waals surface area (Å²) in [6, 6.07) is 6.08. The predicted octanol–water partition coefficient (Wildman–Crippen LogP) is 2.06. The average Bonchev–Trinajstić information content (AvgIpc) is 2.50. The van der Waals surface area contributed by atoms with Crippen molar-refractivity contribution in [1.82, 2.24) is 14.9 Å². The van der Waals surface area contributed by atoms with E-state index >= 15 is 0 Å². The molecule has 114 valence electrons. The number of rotatable bonds is 4. The highest BCUT2D eigenvalue weighted by atomic mass is 16.4. The maximum Gasteiger partial charge on any atom is 0.356 e. The van der Waals surface area contributed by atoms with Gasteiger partial charge in [0.05, 0.1) is 12.4 Å². The van der Waals surface area contributed by atoms with Gasteiger partial charge in [-0.2, -0.15) is 0 Å². The number of nitrogens with zero attached hydrogens (tertiary/aromatic N) is 3. The lowest BCUT2D eigenvalue weighted by molar-refractivity contribution is 0.0687. The van der Waals surface area contributed by atoms with Crippen molar-refractivity contribution in [2.24, 2.45) is 0 Å².